The molecule has 1 N–H and O–H groups in total. The molecule has 8 heteroatoms. The molecule has 1 aliphatic carbocycles. The SMILES string of the molecule is Cl.O=C(C1COCCN1)N(CCC(F)(F)F)CC1CC1. The van der Waals surface area contributed by atoms with Crippen LogP contribution in [0.3, 0.4) is 0 Å². The van der Waals surface area contributed by atoms with Crippen molar-refractivity contribution in [1.82, 2.24) is 10.2 Å². The van der Waals surface area contributed by atoms with Crippen molar-refractivity contribution in [1.29, 1.82) is 0 Å². The van der Waals surface area contributed by atoms with E-state index in [1.54, 1.807) is 0 Å². The Kier molecular flexibility index (Phi) is 6.54. The monoisotopic (exact) mass is 316 g/mol. The number of hydrogen-bond donors (Lipinski definition) is 1. The van der Waals surface area contributed by atoms with Crippen molar-refractivity contribution in [3.63, 3.8) is 0 Å². The molecule has 0 aromatic rings. The standard InChI is InChI=1S/C12H19F3N2O2.ClH/c13-12(14,15)3-5-17(7-9-1-2-9)11(18)10-8-19-6-4-16-10;/h9-10,16H,1-8H2;1H. The van der Waals surface area contributed by atoms with E-state index < -0.39 is 18.6 Å². The van der Waals surface area contributed by atoms with Crippen LogP contribution in [0.2, 0.25) is 0 Å². The van der Waals surface area contributed by atoms with Crippen molar-refractivity contribution >= 4 is 18.3 Å². The highest BCUT2D eigenvalue weighted by Crippen LogP contribution is 2.30. The topological polar surface area (TPSA) is 41.6 Å². The Hall–Kier alpha value is -0.530. The predicted molar refractivity (Wildman–Crippen MR) is 69.8 cm³/mol. The summed E-state index contributed by atoms with van der Waals surface area (Å²) in [7, 11) is 0. The van der Waals surface area contributed by atoms with Gasteiger partial charge in [0.1, 0.15) is 6.04 Å². The van der Waals surface area contributed by atoms with Gasteiger partial charge in [-0.1, -0.05) is 0 Å². The van der Waals surface area contributed by atoms with Crippen LogP contribution in [-0.2, 0) is 9.53 Å². The summed E-state index contributed by atoms with van der Waals surface area (Å²) in [6.07, 6.45) is -3.16. The Morgan fingerprint density at radius 3 is 2.55 bits per heavy atom. The second-order valence-corrected chi connectivity index (χ2v) is 5.17. The number of carbonyl (C=O) groups excluding carboxylic acids is 1. The van der Waals surface area contributed by atoms with Crippen LogP contribution in [0.15, 0.2) is 0 Å². The fourth-order valence-electron chi connectivity index (χ4n) is 2.11. The average molecular weight is 317 g/mol. The van der Waals surface area contributed by atoms with E-state index >= 15 is 0 Å². The van der Waals surface area contributed by atoms with Crippen molar-refractivity contribution < 1.29 is 22.7 Å². The van der Waals surface area contributed by atoms with Gasteiger partial charge in [0.25, 0.3) is 0 Å². The summed E-state index contributed by atoms with van der Waals surface area (Å²) in [6.45, 7) is 1.53. The molecule has 1 saturated carbocycles. The molecule has 0 radical (unpaired) electrons. The average Bonchev–Trinajstić information content (AvgIpc) is 3.17. The fraction of sp³-hybridized carbons (Fsp3) is 0.917. The summed E-state index contributed by atoms with van der Waals surface area (Å²) < 4.78 is 42.1. The first-order valence-corrected chi connectivity index (χ1v) is 6.62. The van der Waals surface area contributed by atoms with Gasteiger partial charge < -0.3 is 15.0 Å². The number of halogens is 4. The number of nitrogens with one attached hydrogen (secondary N) is 1. The summed E-state index contributed by atoms with van der Waals surface area (Å²) in [5.74, 6) is 0.109. The molecule has 118 valence electrons. The summed E-state index contributed by atoms with van der Waals surface area (Å²) in [6, 6.07) is -0.499. The second-order valence-electron chi connectivity index (χ2n) is 5.17. The Bertz CT molecular complexity index is 318. The summed E-state index contributed by atoms with van der Waals surface area (Å²) in [5.41, 5.74) is 0. The van der Waals surface area contributed by atoms with Crippen LogP contribution in [0, 0.1) is 5.92 Å². The molecule has 20 heavy (non-hydrogen) atoms. The maximum Gasteiger partial charge on any atom is 0.390 e. The van der Waals surface area contributed by atoms with E-state index in [0.29, 0.717) is 25.6 Å². The Morgan fingerprint density at radius 2 is 2.05 bits per heavy atom. The number of nitrogens with zero attached hydrogens (tertiary/aromatic N) is 1. The Balaban J connectivity index is 0.00000200. The third-order valence-corrected chi connectivity index (χ3v) is 3.37. The van der Waals surface area contributed by atoms with E-state index in [1.165, 1.54) is 4.90 Å². The minimum atomic E-state index is -4.22. The van der Waals surface area contributed by atoms with Gasteiger partial charge in [-0.15, -0.1) is 12.4 Å². The van der Waals surface area contributed by atoms with Gasteiger partial charge in [0, 0.05) is 19.6 Å². The molecular weight excluding hydrogens is 297 g/mol. The number of morpholine rings is 1. The number of hydrogen-bond acceptors (Lipinski definition) is 3. The van der Waals surface area contributed by atoms with Crippen LogP contribution in [0.5, 0.6) is 0 Å². The first-order valence-electron chi connectivity index (χ1n) is 6.62. The summed E-state index contributed by atoms with van der Waals surface area (Å²) in [4.78, 5) is 13.5. The van der Waals surface area contributed by atoms with Crippen molar-refractivity contribution in [3.8, 4) is 0 Å². The van der Waals surface area contributed by atoms with Crippen molar-refractivity contribution in [2.24, 2.45) is 5.92 Å². The molecule has 1 unspecified atom stereocenters. The molecule has 2 fully saturated rings. The van der Waals surface area contributed by atoms with Crippen LogP contribution < -0.4 is 5.32 Å². The van der Waals surface area contributed by atoms with Gasteiger partial charge in [-0.3, -0.25) is 4.79 Å². The van der Waals surface area contributed by atoms with E-state index in [-0.39, 0.29) is 31.5 Å². The summed E-state index contributed by atoms with van der Waals surface area (Å²) >= 11 is 0. The molecular formula is C12H20ClF3N2O2. The molecule has 1 atom stereocenters. The quantitative estimate of drug-likeness (QED) is 0.837. The van der Waals surface area contributed by atoms with Gasteiger partial charge in [0.2, 0.25) is 5.91 Å². The van der Waals surface area contributed by atoms with Gasteiger partial charge in [-0.25, -0.2) is 0 Å². The molecule has 1 heterocycles. The normalized spacial score (nSPS) is 23.1. The fourth-order valence-corrected chi connectivity index (χ4v) is 2.11. The lowest BCUT2D eigenvalue weighted by atomic mass is 10.2. The molecule has 4 nitrogen and oxygen atoms in total. The van der Waals surface area contributed by atoms with E-state index in [1.807, 2.05) is 0 Å². The zero-order valence-corrected chi connectivity index (χ0v) is 11.9. The van der Waals surface area contributed by atoms with Gasteiger partial charge in [0.15, 0.2) is 0 Å². The maximum atomic E-state index is 12.3. The highest BCUT2D eigenvalue weighted by molar-refractivity contribution is 5.85. The van der Waals surface area contributed by atoms with E-state index in [4.69, 9.17) is 4.74 Å². The van der Waals surface area contributed by atoms with Crippen molar-refractivity contribution in [2.75, 3.05) is 32.8 Å². The molecule has 1 aliphatic heterocycles. The van der Waals surface area contributed by atoms with E-state index in [9.17, 15) is 18.0 Å². The van der Waals surface area contributed by atoms with Crippen LogP contribution in [0.25, 0.3) is 0 Å². The zero-order valence-electron chi connectivity index (χ0n) is 11.1. The third-order valence-electron chi connectivity index (χ3n) is 3.37. The number of rotatable bonds is 5. The van der Waals surface area contributed by atoms with Crippen LogP contribution >= 0.6 is 12.4 Å². The number of carbonyl (C=O) groups is 1. The minimum Gasteiger partial charge on any atom is -0.378 e. The first-order chi connectivity index (χ1) is 8.96. The molecule has 1 saturated heterocycles. The van der Waals surface area contributed by atoms with Gasteiger partial charge >= 0.3 is 6.18 Å². The van der Waals surface area contributed by atoms with Crippen LogP contribution in [-0.4, -0.2) is 55.9 Å². The van der Waals surface area contributed by atoms with Crippen LogP contribution in [0.1, 0.15) is 19.3 Å². The number of amides is 1. The van der Waals surface area contributed by atoms with E-state index in [2.05, 4.69) is 5.32 Å². The lowest BCUT2D eigenvalue weighted by Crippen LogP contribution is -2.53. The third kappa shape index (κ3) is 5.85. The van der Waals surface area contributed by atoms with Crippen molar-refractivity contribution in [2.45, 2.75) is 31.5 Å². The lowest BCUT2D eigenvalue weighted by molar-refractivity contribution is -0.148. The first kappa shape index (κ1) is 17.5. The molecule has 2 aliphatic rings. The smallest absolute Gasteiger partial charge is 0.378 e. The highest BCUT2D eigenvalue weighted by Gasteiger charge is 2.34. The largest absolute Gasteiger partial charge is 0.390 e. The molecule has 2 rings (SSSR count). The molecule has 0 spiro atoms. The number of ether oxygens (including phenoxy) is 1. The predicted octanol–water partition coefficient (Wildman–Crippen LogP) is 1.59. The molecule has 1 amide bonds. The second kappa shape index (κ2) is 7.47. The number of alkyl halides is 3. The Morgan fingerprint density at radius 1 is 1.35 bits per heavy atom. The zero-order chi connectivity index (χ0) is 13.9. The molecule has 0 aromatic heterocycles. The lowest BCUT2D eigenvalue weighted by Gasteiger charge is -2.30. The van der Waals surface area contributed by atoms with Gasteiger partial charge in [-0.05, 0) is 18.8 Å². The van der Waals surface area contributed by atoms with Gasteiger partial charge in [-0.2, -0.15) is 13.2 Å². The Labute approximate surface area is 122 Å². The minimum absolute atomic E-state index is 0. The molecule has 0 aromatic carbocycles. The van der Waals surface area contributed by atoms with Crippen molar-refractivity contribution in [3.05, 3.63) is 0 Å². The maximum absolute atomic E-state index is 12.3. The molecule has 0 bridgehead atoms. The highest BCUT2D eigenvalue weighted by atomic mass is 35.5. The summed E-state index contributed by atoms with van der Waals surface area (Å²) in [5, 5.41) is 2.99. The van der Waals surface area contributed by atoms with E-state index in [0.717, 1.165) is 12.8 Å². The van der Waals surface area contributed by atoms with Gasteiger partial charge in [0.05, 0.1) is 19.6 Å². The van der Waals surface area contributed by atoms with Crippen LogP contribution in [0.4, 0.5) is 13.2 Å².